The van der Waals surface area contributed by atoms with Gasteiger partial charge in [0.15, 0.2) is 0 Å². The van der Waals surface area contributed by atoms with Gasteiger partial charge in [-0.05, 0) is 15.9 Å². The minimum Gasteiger partial charge on any atom is -0.378 e. The summed E-state index contributed by atoms with van der Waals surface area (Å²) >= 11 is 3.42. The molecule has 0 amide bonds. The fourth-order valence-corrected chi connectivity index (χ4v) is 2.40. The molecular formula is C13H20BrN3O2. The molecule has 1 N–H and O–H groups in total. The van der Waals surface area contributed by atoms with Crippen molar-refractivity contribution in [3.05, 3.63) is 16.5 Å². The van der Waals surface area contributed by atoms with Gasteiger partial charge in [-0.15, -0.1) is 0 Å². The van der Waals surface area contributed by atoms with Gasteiger partial charge in [0.05, 0.1) is 6.61 Å². The van der Waals surface area contributed by atoms with Crippen LogP contribution in [-0.4, -0.2) is 42.4 Å². The molecule has 106 valence electrons. The molecule has 0 radical (unpaired) electrons. The lowest BCUT2D eigenvalue weighted by molar-refractivity contribution is -0.00625. The summed E-state index contributed by atoms with van der Waals surface area (Å²) in [6.45, 7) is 6.21. The van der Waals surface area contributed by atoms with Crippen LogP contribution in [0.3, 0.4) is 0 Å². The van der Waals surface area contributed by atoms with E-state index in [0.29, 0.717) is 19.1 Å². The van der Waals surface area contributed by atoms with E-state index in [2.05, 4.69) is 45.1 Å². The molecule has 5 nitrogen and oxygen atoms in total. The van der Waals surface area contributed by atoms with Crippen molar-refractivity contribution in [2.24, 2.45) is 0 Å². The summed E-state index contributed by atoms with van der Waals surface area (Å²) in [5.74, 6) is 1.93. The summed E-state index contributed by atoms with van der Waals surface area (Å²) in [7, 11) is 1.73. The molecule has 6 heteroatoms. The number of methoxy groups -OCH3 is 1. The third kappa shape index (κ3) is 3.64. The first kappa shape index (κ1) is 14.7. The molecule has 1 unspecified atom stereocenters. The van der Waals surface area contributed by atoms with Crippen LogP contribution in [0.1, 0.15) is 32.0 Å². The second kappa shape index (κ2) is 6.15. The number of nitrogens with one attached hydrogen (secondary N) is 1. The lowest BCUT2D eigenvalue weighted by Crippen LogP contribution is -2.39. The number of hydrogen-bond acceptors (Lipinski definition) is 5. The zero-order valence-electron chi connectivity index (χ0n) is 11.6. The lowest BCUT2D eigenvalue weighted by atomic mass is 10.0. The minimum absolute atomic E-state index is 0.241. The van der Waals surface area contributed by atoms with Crippen molar-refractivity contribution >= 4 is 21.7 Å². The normalized spacial score (nSPS) is 23.0. The fraction of sp³-hybridized carbons (Fsp3) is 0.692. The van der Waals surface area contributed by atoms with Crippen molar-refractivity contribution in [1.82, 2.24) is 9.97 Å². The van der Waals surface area contributed by atoms with Crippen molar-refractivity contribution in [1.29, 1.82) is 0 Å². The number of halogens is 1. The van der Waals surface area contributed by atoms with E-state index in [4.69, 9.17) is 9.47 Å². The molecule has 0 bridgehead atoms. The standard InChI is InChI=1S/C13H20BrN3O2/c1-9(2)12-16-10(14)6-11(17-12)15-7-13(18-3)4-5-19-8-13/h6,9H,4-5,7-8H2,1-3H3,(H,15,16,17). The summed E-state index contributed by atoms with van der Waals surface area (Å²) in [5.41, 5.74) is -0.241. The molecule has 2 heterocycles. The topological polar surface area (TPSA) is 56.3 Å². The molecule has 1 saturated heterocycles. The van der Waals surface area contributed by atoms with Gasteiger partial charge in [0.2, 0.25) is 0 Å². The largest absolute Gasteiger partial charge is 0.378 e. The summed E-state index contributed by atoms with van der Waals surface area (Å²) < 4.78 is 11.8. The van der Waals surface area contributed by atoms with Gasteiger partial charge in [-0.1, -0.05) is 13.8 Å². The molecule has 1 aromatic heterocycles. The molecule has 19 heavy (non-hydrogen) atoms. The molecule has 1 atom stereocenters. The van der Waals surface area contributed by atoms with Gasteiger partial charge in [0, 0.05) is 38.7 Å². The van der Waals surface area contributed by atoms with Crippen LogP contribution in [0.15, 0.2) is 10.7 Å². The highest BCUT2D eigenvalue weighted by Gasteiger charge is 2.34. The maximum absolute atomic E-state index is 5.59. The van der Waals surface area contributed by atoms with E-state index in [1.807, 2.05) is 6.07 Å². The number of rotatable bonds is 5. The first-order valence-corrected chi connectivity index (χ1v) is 7.25. The molecule has 1 aliphatic rings. The molecule has 2 rings (SSSR count). The first-order chi connectivity index (χ1) is 9.04. The van der Waals surface area contributed by atoms with Crippen molar-refractivity contribution in [3.63, 3.8) is 0 Å². The number of nitrogens with zero attached hydrogens (tertiary/aromatic N) is 2. The van der Waals surface area contributed by atoms with E-state index in [1.54, 1.807) is 7.11 Å². The van der Waals surface area contributed by atoms with Crippen LogP contribution in [0.25, 0.3) is 0 Å². The molecular weight excluding hydrogens is 310 g/mol. The Morgan fingerprint density at radius 3 is 2.89 bits per heavy atom. The number of aromatic nitrogens is 2. The summed E-state index contributed by atoms with van der Waals surface area (Å²) in [5, 5.41) is 3.33. The summed E-state index contributed by atoms with van der Waals surface area (Å²) in [4.78, 5) is 8.87. The van der Waals surface area contributed by atoms with E-state index in [9.17, 15) is 0 Å². The second-order valence-corrected chi connectivity index (χ2v) is 5.94. The molecule has 0 aromatic carbocycles. The van der Waals surface area contributed by atoms with Crippen LogP contribution in [0, 0.1) is 0 Å². The van der Waals surface area contributed by atoms with E-state index >= 15 is 0 Å². The number of ether oxygens (including phenoxy) is 2. The van der Waals surface area contributed by atoms with Gasteiger partial charge in [-0.3, -0.25) is 0 Å². The predicted octanol–water partition coefficient (Wildman–Crippen LogP) is 2.58. The Balaban J connectivity index is 2.06. The lowest BCUT2D eigenvalue weighted by Gasteiger charge is -2.26. The molecule has 1 aromatic rings. The van der Waals surface area contributed by atoms with Gasteiger partial charge in [0.25, 0.3) is 0 Å². The quantitative estimate of drug-likeness (QED) is 0.841. The SMILES string of the molecule is COC1(CNc2cc(Br)nc(C(C)C)n2)CCOC1. The van der Waals surface area contributed by atoms with Crippen LogP contribution >= 0.6 is 15.9 Å². The highest BCUT2D eigenvalue weighted by Crippen LogP contribution is 2.24. The Morgan fingerprint density at radius 2 is 2.32 bits per heavy atom. The first-order valence-electron chi connectivity index (χ1n) is 6.46. The summed E-state index contributed by atoms with van der Waals surface area (Å²) in [6, 6.07) is 1.88. The van der Waals surface area contributed by atoms with Crippen LogP contribution in [0.4, 0.5) is 5.82 Å². The third-order valence-corrected chi connectivity index (χ3v) is 3.73. The Kier molecular flexibility index (Phi) is 4.76. The average Bonchev–Trinajstić information content (AvgIpc) is 2.85. The van der Waals surface area contributed by atoms with Crippen LogP contribution < -0.4 is 5.32 Å². The van der Waals surface area contributed by atoms with Crippen molar-refractivity contribution in [3.8, 4) is 0 Å². The smallest absolute Gasteiger partial charge is 0.134 e. The predicted molar refractivity (Wildman–Crippen MR) is 77.5 cm³/mol. The van der Waals surface area contributed by atoms with Crippen LogP contribution in [0.5, 0.6) is 0 Å². The maximum Gasteiger partial charge on any atom is 0.134 e. The number of hydrogen-bond donors (Lipinski definition) is 1. The summed E-state index contributed by atoms with van der Waals surface area (Å²) in [6.07, 6.45) is 0.903. The second-order valence-electron chi connectivity index (χ2n) is 5.13. The molecule has 1 fully saturated rings. The minimum atomic E-state index is -0.241. The zero-order chi connectivity index (χ0) is 13.9. The Bertz CT molecular complexity index is 434. The van der Waals surface area contributed by atoms with Crippen molar-refractivity contribution < 1.29 is 9.47 Å². The van der Waals surface area contributed by atoms with E-state index in [0.717, 1.165) is 29.3 Å². The van der Waals surface area contributed by atoms with Gasteiger partial charge in [-0.2, -0.15) is 0 Å². The third-order valence-electron chi connectivity index (χ3n) is 3.32. The molecule has 0 aliphatic carbocycles. The highest BCUT2D eigenvalue weighted by molar-refractivity contribution is 9.10. The van der Waals surface area contributed by atoms with Crippen LogP contribution in [0.2, 0.25) is 0 Å². The highest BCUT2D eigenvalue weighted by atomic mass is 79.9. The van der Waals surface area contributed by atoms with Gasteiger partial charge in [0.1, 0.15) is 21.8 Å². The number of anilines is 1. The van der Waals surface area contributed by atoms with Crippen LogP contribution in [-0.2, 0) is 9.47 Å². The monoisotopic (exact) mass is 329 g/mol. The van der Waals surface area contributed by atoms with Crippen molar-refractivity contribution in [2.45, 2.75) is 31.8 Å². The van der Waals surface area contributed by atoms with Crippen molar-refractivity contribution in [2.75, 3.05) is 32.2 Å². The fourth-order valence-electron chi connectivity index (χ4n) is 2.00. The maximum atomic E-state index is 5.59. The Labute approximate surface area is 122 Å². The van der Waals surface area contributed by atoms with E-state index in [1.165, 1.54) is 0 Å². The van der Waals surface area contributed by atoms with Gasteiger partial charge in [-0.25, -0.2) is 9.97 Å². The van der Waals surface area contributed by atoms with Gasteiger partial charge >= 0.3 is 0 Å². The Hall–Kier alpha value is -0.720. The average molecular weight is 330 g/mol. The van der Waals surface area contributed by atoms with Gasteiger partial charge < -0.3 is 14.8 Å². The zero-order valence-corrected chi connectivity index (χ0v) is 13.2. The molecule has 0 spiro atoms. The Morgan fingerprint density at radius 1 is 1.53 bits per heavy atom. The van der Waals surface area contributed by atoms with E-state index < -0.39 is 0 Å². The molecule has 1 aliphatic heterocycles. The molecule has 0 saturated carbocycles. The van der Waals surface area contributed by atoms with E-state index in [-0.39, 0.29) is 5.60 Å².